The summed E-state index contributed by atoms with van der Waals surface area (Å²) in [6.45, 7) is 16.1. The predicted molar refractivity (Wildman–Crippen MR) is 151 cm³/mol. The van der Waals surface area contributed by atoms with Crippen molar-refractivity contribution in [2.45, 2.75) is 38.9 Å². The molecule has 7 heteroatoms. The third kappa shape index (κ3) is 8.75. The zero-order valence-electron chi connectivity index (χ0n) is 23.4. The molecule has 0 bridgehead atoms. The first-order valence-corrected chi connectivity index (χ1v) is 13.5. The van der Waals surface area contributed by atoms with Gasteiger partial charge in [0.2, 0.25) is 0 Å². The SMILES string of the molecule is C=CCN1C[C@H](C)N([C@H](c2ccc(C(C)=O)cc2)c2cccc(OCCOCCOCCOC)c2)C[C@H]1C. The second-order valence-electron chi connectivity index (χ2n) is 9.86. The minimum Gasteiger partial charge on any atom is -0.491 e. The summed E-state index contributed by atoms with van der Waals surface area (Å²) in [5, 5.41) is 0. The van der Waals surface area contributed by atoms with E-state index >= 15 is 0 Å². The lowest BCUT2D eigenvalue weighted by Crippen LogP contribution is -2.57. The maximum atomic E-state index is 11.9. The Bertz CT molecular complexity index is 996. The molecule has 1 saturated heterocycles. The molecular weight excluding hydrogens is 480 g/mol. The Morgan fingerprint density at radius 1 is 0.947 bits per heavy atom. The molecule has 7 nitrogen and oxygen atoms in total. The highest BCUT2D eigenvalue weighted by Crippen LogP contribution is 2.35. The zero-order valence-corrected chi connectivity index (χ0v) is 23.4. The molecule has 0 spiro atoms. The fourth-order valence-electron chi connectivity index (χ4n) is 4.94. The van der Waals surface area contributed by atoms with Crippen molar-refractivity contribution in [2.24, 2.45) is 0 Å². The minimum atomic E-state index is 0.0448. The number of nitrogens with zero attached hydrogens (tertiary/aromatic N) is 2. The summed E-state index contributed by atoms with van der Waals surface area (Å²) in [5.74, 6) is 0.895. The van der Waals surface area contributed by atoms with Crippen molar-refractivity contribution < 1.29 is 23.7 Å². The molecule has 3 atom stereocenters. The summed E-state index contributed by atoms with van der Waals surface area (Å²) in [6, 6.07) is 17.2. The third-order valence-corrected chi connectivity index (χ3v) is 6.97. The summed E-state index contributed by atoms with van der Waals surface area (Å²) >= 11 is 0. The number of ketones is 1. The molecule has 38 heavy (non-hydrogen) atoms. The van der Waals surface area contributed by atoms with Crippen LogP contribution in [-0.2, 0) is 14.2 Å². The minimum absolute atomic E-state index is 0.0448. The van der Waals surface area contributed by atoms with E-state index in [1.54, 1.807) is 14.0 Å². The van der Waals surface area contributed by atoms with Crippen molar-refractivity contribution in [1.29, 1.82) is 0 Å². The molecule has 0 amide bonds. The molecule has 1 heterocycles. The molecule has 2 aromatic carbocycles. The molecule has 208 valence electrons. The van der Waals surface area contributed by atoms with Crippen LogP contribution in [0.3, 0.4) is 0 Å². The molecule has 0 aromatic heterocycles. The number of benzene rings is 2. The lowest BCUT2D eigenvalue weighted by molar-refractivity contribution is 0.0179. The van der Waals surface area contributed by atoms with E-state index in [9.17, 15) is 4.79 Å². The topological polar surface area (TPSA) is 60.5 Å². The van der Waals surface area contributed by atoms with Gasteiger partial charge in [-0.25, -0.2) is 0 Å². The quantitative estimate of drug-likeness (QED) is 0.180. The molecule has 1 aliphatic heterocycles. The van der Waals surface area contributed by atoms with Crippen LogP contribution >= 0.6 is 0 Å². The van der Waals surface area contributed by atoms with E-state index in [0.29, 0.717) is 51.7 Å². The number of rotatable bonds is 16. The standard InChI is InChI=1S/C31H44N2O5/c1-6-14-32-22-25(3)33(23-24(32)2)31(28-12-10-27(11-13-28)26(4)34)29-8-7-9-30(21-29)38-20-19-37-18-17-36-16-15-35-5/h6-13,21,24-25,31H,1,14-20,22-23H2,2-5H3/t24-,25+,31-/m1/s1. The number of ether oxygens (including phenoxy) is 4. The maximum absolute atomic E-state index is 11.9. The van der Waals surface area contributed by atoms with E-state index < -0.39 is 0 Å². The van der Waals surface area contributed by atoms with Crippen LogP contribution in [0.1, 0.15) is 48.3 Å². The Kier molecular flexibility index (Phi) is 12.4. The maximum Gasteiger partial charge on any atom is 0.159 e. The molecule has 2 aromatic rings. The fraction of sp³-hybridized carbons (Fsp3) is 0.516. The Morgan fingerprint density at radius 2 is 1.63 bits per heavy atom. The van der Waals surface area contributed by atoms with Crippen LogP contribution in [0.4, 0.5) is 0 Å². The second-order valence-corrected chi connectivity index (χ2v) is 9.86. The summed E-state index contributed by atoms with van der Waals surface area (Å²) in [4.78, 5) is 16.9. The van der Waals surface area contributed by atoms with Crippen LogP contribution in [0.15, 0.2) is 61.2 Å². The Hall–Kier alpha value is -2.55. The van der Waals surface area contributed by atoms with Crippen molar-refractivity contribution in [1.82, 2.24) is 9.80 Å². The Labute approximate surface area is 228 Å². The van der Waals surface area contributed by atoms with Gasteiger partial charge in [-0.15, -0.1) is 6.58 Å². The van der Waals surface area contributed by atoms with Crippen molar-refractivity contribution in [3.63, 3.8) is 0 Å². The van der Waals surface area contributed by atoms with Crippen molar-refractivity contribution in [3.8, 4) is 5.75 Å². The number of hydrogen-bond acceptors (Lipinski definition) is 7. The van der Waals surface area contributed by atoms with Gasteiger partial charge in [0.25, 0.3) is 0 Å². The second kappa shape index (κ2) is 15.8. The fourth-order valence-corrected chi connectivity index (χ4v) is 4.94. The van der Waals surface area contributed by atoms with Gasteiger partial charge in [-0.1, -0.05) is 42.5 Å². The average Bonchev–Trinajstić information content (AvgIpc) is 2.91. The Balaban J connectivity index is 1.72. The van der Waals surface area contributed by atoms with Crippen LogP contribution in [-0.4, -0.2) is 94.1 Å². The van der Waals surface area contributed by atoms with Gasteiger partial charge in [0, 0.05) is 44.4 Å². The molecular formula is C31H44N2O5. The molecule has 1 aliphatic rings. The first-order valence-electron chi connectivity index (χ1n) is 13.5. The number of carbonyl (C=O) groups is 1. The first kappa shape index (κ1) is 30.0. The average molecular weight is 525 g/mol. The smallest absolute Gasteiger partial charge is 0.159 e. The highest BCUT2D eigenvalue weighted by atomic mass is 16.6. The van der Waals surface area contributed by atoms with Gasteiger partial charge in [0.1, 0.15) is 12.4 Å². The normalized spacial score (nSPS) is 19.3. The van der Waals surface area contributed by atoms with Crippen LogP contribution in [0.2, 0.25) is 0 Å². The number of Topliss-reactive ketones (excluding diaryl/α,β-unsaturated/α-hetero) is 1. The van der Waals surface area contributed by atoms with Crippen LogP contribution in [0, 0.1) is 0 Å². The van der Waals surface area contributed by atoms with Gasteiger partial charge in [-0.2, -0.15) is 0 Å². The highest BCUT2D eigenvalue weighted by molar-refractivity contribution is 5.94. The van der Waals surface area contributed by atoms with Crippen LogP contribution in [0.25, 0.3) is 0 Å². The van der Waals surface area contributed by atoms with Gasteiger partial charge in [-0.05, 0) is 44.0 Å². The van der Waals surface area contributed by atoms with E-state index in [0.717, 1.165) is 30.9 Å². The van der Waals surface area contributed by atoms with Crippen molar-refractivity contribution in [3.05, 3.63) is 77.9 Å². The molecule has 0 unspecified atom stereocenters. The summed E-state index contributed by atoms with van der Waals surface area (Å²) in [6.07, 6.45) is 1.98. The third-order valence-electron chi connectivity index (χ3n) is 6.97. The van der Waals surface area contributed by atoms with Gasteiger partial charge in [0.05, 0.1) is 39.1 Å². The molecule has 3 rings (SSSR count). The first-order chi connectivity index (χ1) is 18.4. The Morgan fingerprint density at radius 3 is 2.29 bits per heavy atom. The van der Waals surface area contributed by atoms with Gasteiger partial charge >= 0.3 is 0 Å². The summed E-state index contributed by atoms with van der Waals surface area (Å²) < 4.78 is 22.0. The van der Waals surface area contributed by atoms with Crippen LogP contribution < -0.4 is 4.74 Å². The van der Waals surface area contributed by atoms with Crippen molar-refractivity contribution >= 4 is 5.78 Å². The molecule has 0 saturated carbocycles. The number of hydrogen-bond donors (Lipinski definition) is 0. The largest absolute Gasteiger partial charge is 0.491 e. The van der Waals surface area contributed by atoms with E-state index in [1.165, 1.54) is 11.1 Å². The van der Waals surface area contributed by atoms with Crippen LogP contribution in [0.5, 0.6) is 5.75 Å². The summed E-state index contributed by atoms with van der Waals surface area (Å²) in [5.41, 5.74) is 3.06. The van der Waals surface area contributed by atoms with E-state index in [4.69, 9.17) is 18.9 Å². The number of carbonyl (C=O) groups excluding carboxylic acids is 1. The van der Waals surface area contributed by atoms with Crippen molar-refractivity contribution in [2.75, 3.05) is 66.4 Å². The molecule has 0 radical (unpaired) electrons. The molecule has 1 fully saturated rings. The van der Waals surface area contributed by atoms with Gasteiger partial charge < -0.3 is 18.9 Å². The lowest BCUT2D eigenvalue weighted by Gasteiger charge is -2.47. The number of piperazine rings is 1. The molecule has 0 N–H and O–H groups in total. The van der Waals surface area contributed by atoms with Gasteiger partial charge in [0.15, 0.2) is 5.78 Å². The summed E-state index contributed by atoms with van der Waals surface area (Å²) in [7, 11) is 1.66. The zero-order chi connectivity index (χ0) is 27.3. The lowest BCUT2D eigenvalue weighted by atomic mass is 9.92. The molecule has 0 aliphatic carbocycles. The predicted octanol–water partition coefficient (Wildman–Crippen LogP) is 4.62. The highest BCUT2D eigenvalue weighted by Gasteiger charge is 2.34. The van der Waals surface area contributed by atoms with E-state index in [1.807, 2.05) is 30.3 Å². The van der Waals surface area contributed by atoms with E-state index in [2.05, 4.69) is 54.5 Å². The monoisotopic (exact) mass is 524 g/mol. The number of methoxy groups -OCH3 is 1. The van der Waals surface area contributed by atoms with Gasteiger partial charge in [-0.3, -0.25) is 14.6 Å². The van der Waals surface area contributed by atoms with E-state index in [-0.39, 0.29) is 11.8 Å².